The minimum Gasteiger partial charge on any atom is -0.454 e. The molecule has 1 amide bonds. The predicted octanol–water partition coefficient (Wildman–Crippen LogP) is 3.92. The van der Waals surface area contributed by atoms with Crippen LogP contribution >= 0.6 is 11.8 Å². The van der Waals surface area contributed by atoms with Crippen LogP contribution in [0.4, 0.5) is 5.69 Å². The molecule has 7 nitrogen and oxygen atoms in total. The fourth-order valence-electron chi connectivity index (χ4n) is 3.70. The van der Waals surface area contributed by atoms with Gasteiger partial charge in [0.15, 0.2) is 11.5 Å². The normalized spacial score (nSPS) is 18.0. The minimum atomic E-state index is -0.353. The molecule has 0 fully saturated rings. The number of carbonyl (C=O) groups is 1. The molecule has 2 aromatic carbocycles. The number of amides is 1. The monoisotopic (exact) mass is 409 g/mol. The van der Waals surface area contributed by atoms with E-state index in [4.69, 9.17) is 13.9 Å². The van der Waals surface area contributed by atoms with Gasteiger partial charge in [-0.05, 0) is 50.1 Å². The van der Waals surface area contributed by atoms with E-state index in [2.05, 4.69) is 23.2 Å². The zero-order valence-corrected chi connectivity index (χ0v) is 16.8. The summed E-state index contributed by atoms with van der Waals surface area (Å²) >= 11 is 1.27. The smallest absolute Gasteiger partial charge is 0.277 e. The molecule has 1 aromatic heterocycles. The molecule has 0 bridgehead atoms. The largest absolute Gasteiger partial charge is 0.454 e. The van der Waals surface area contributed by atoms with Gasteiger partial charge >= 0.3 is 0 Å². The van der Waals surface area contributed by atoms with Crippen LogP contribution in [0, 0.1) is 0 Å². The van der Waals surface area contributed by atoms with Gasteiger partial charge in [-0.15, -0.1) is 10.2 Å². The number of para-hydroxylation sites is 1. The third kappa shape index (κ3) is 3.23. The van der Waals surface area contributed by atoms with E-state index in [1.165, 1.54) is 17.3 Å². The minimum absolute atomic E-state index is 0.0373. The highest BCUT2D eigenvalue weighted by Crippen LogP contribution is 2.37. The number of ether oxygens (including phenoxy) is 2. The van der Waals surface area contributed by atoms with Crippen molar-refractivity contribution in [3.05, 3.63) is 48.0 Å². The molecule has 2 aliphatic heterocycles. The van der Waals surface area contributed by atoms with Crippen molar-refractivity contribution in [2.75, 3.05) is 11.7 Å². The lowest BCUT2D eigenvalue weighted by atomic mass is 10.1. The molecule has 0 aliphatic carbocycles. The van der Waals surface area contributed by atoms with E-state index in [-0.39, 0.29) is 24.0 Å². The van der Waals surface area contributed by atoms with Gasteiger partial charge in [-0.1, -0.05) is 30.0 Å². The first-order valence-corrected chi connectivity index (χ1v) is 10.3. The summed E-state index contributed by atoms with van der Waals surface area (Å²) in [6, 6.07) is 13.6. The zero-order valence-electron chi connectivity index (χ0n) is 16.0. The lowest BCUT2D eigenvalue weighted by Gasteiger charge is -2.25. The van der Waals surface area contributed by atoms with Crippen LogP contribution in [0.25, 0.3) is 11.5 Å². The van der Waals surface area contributed by atoms with Gasteiger partial charge in [0.2, 0.25) is 18.6 Å². The molecule has 29 heavy (non-hydrogen) atoms. The van der Waals surface area contributed by atoms with Crippen LogP contribution in [-0.4, -0.2) is 34.2 Å². The molecule has 148 valence electrons. The molecule has 3 aromatic rings. The molecule has 0 spiro atoms. The maximum absolute atomic E-state index is 13.1. The number of thioether (sulfide) groups is 1. The lowest BCUT2D eigenvalue weighted by molar-refractivity contribution is -0.118. The van der Waals surface area contributed by atoms with E-state index in [1.54, 1.807) is 0 Å². The highest BCUT2D eigenvalue weighted by molar-refractivity contribution is 8.00. The summed E-state index contributed by atoms with van der Waals surface area (Å²) < 4.78 is 16.5. The van der Waals surface area contributed by atoms with E-state index >= 15 is 0 Å². The van der Waals surface area contributed by atoms with Crippen molar-refractivity contribution in [3.63, 3.8) is 0 Å². The Kier molecular flexibility index (Phi) is 4.43. The molecule has 0 N–H and O–H groups in total. The fraction of sp³-hybridized carbons (Fsp3) is 0.286. The molecule has 0 unspecified atom stereocenters. The van der Waals surface area contributed by atoms with E-state index in [0.717, 1.165) is 17.7 Å². The summed E-state index contributed by atoms with van der Waals surface area (Å²) in [6.45, 7) is 4.15. The molecule has 0 radical (unpaired) electrons. The van der Waals surface area contributed by atoms with Crippen LogP contribution in [0.1, 0.15) is 19.4 Å². The van der Waals surface area contributed by atoms with Crippen molar-refractivity contribution >= 4 is 23.4 Å². The van der Waals surface area contributed by atoms with Crippen molar-refractivity contribution in [1.82, 2.24) is 10.2 Å². The molecule has 2 atom stereocenters. The van der Waals surface area contributed by atoms with Crippen LogP contribution < -0.4 is 14.4 Å². The summed E-state index contributed by atoms with van der Waals surface area (Å²) in [5, 5.41) is 8.22. The third-order valence-electron chi connectivity index (χ3n) is 5.10. The van der Waals surface area contributed by atoms with Crippen LogP contribution in [0.5, 0.6) is 11.5 Å². The van der Waals surface area contributed by atoms with E-state index < -0.39 is 0 Å². The third-order valence-corrected chi connectivity index (χ3v) is 6.02. The number of aromatic nitrogens is 2. The SMILES string of the molecule is C[C@@H](Sc1nnc(-c2ccc3c(c2)OCO3)o1)C(=O)N1c2ccccc2C[C@@H]1C. The molecular formula is C21H19N3O4S. The van der Waals surface area contributed by atoms with Gasteiger partial charge in [-0.2, -0.15) is 0 Å². The van der Waals surface area contributed by atoms with Gasteiger partial charge in [0.1, 0.15) is 0 Å². The molecule has 8 heteroatoms. The average molecular weight is 409 g/mol. The van der Waals surface area contributed by atoms with Crippen molar-refractivity contribution in [3.8, 4) is 23.0 Å². The van der Waals surface area contributed by atoms with Crippen molar-refractivity contribution in [1.29, 1.82) is 0 Å². The first kappa shape index (κ1) is 18.1. The number of hydrogen-bond donors (Lipinski definition) is 0. The second-order valence-corrected chi connectivity index (χ2v) is 8.38. The first-order chi connectivity index (χ1) is 14.1. The Bertz CT molecular complexity index is 1080. The van der Waals surface area contributed by atoms with E-state index in [0.29, 0.717) is 22.6 Å². The average Bonchev–Trinajstić information content (AvgIpc) is 3.44. The molecule has 3 heterocycles. The van der Waals surface area contributed by atoms with Crippen molar-refractivity contribution in [2.24, 2.45) is 0 Å². The summed E-state index contributed by atoms with van der Waals surface area (Å²) in [7, 11) is 0. The molecular weight excluding hydrogens is 390 g/mol. The Hall–Kier alpha value is -3.00. The highest BCUT2D eigenvalue weighted by atomic mass is 32.2. The number of nitrogens with zero attached hydrogens (tertiary/aromatic N) is 3. The lowest BCUT2D eigenvalue weighted by Crippen LogP contribution is -2.40. The topological polar surface area (TPSA) is 77.7 Å². The standard InChI is InChI=1S/C21H19N3O4S/c1-12-9-14-5-3-4-6-16(14)24(12)20(25)13(2)29-21-23-22-19(28-21)15-7-8-17-18(10-15)27-11-26-17/h3-8,10,12-13H,9,11H2,1-2H3/t12-,13+/m0/s1. The Morgan fingerprint density at radius 1 is 1.17 bits per heavy atom. The molecule has 0 saturated carbocycles. The summed E-state index contributed by atoms with van der Waals surface area (Å²) in [5.41, 5.74) is 2.94. The Morgan fingerprint density at radius 2 is 2.00 bits per heavy atom. The van der Waals surface area contributed by atoms with Crippen molar-refractivity contribution < 1.29 is 18.7 Å². The number of rotatable bonds is 4. The number of fused-ring (bicyclic) bond motifs is 2. The van der Waals surface area contributed by atoms with Gasteiger partial charge in [0.25, 0.3) is 5.22 Å². The maximum atomic E-state index is 13.1. The number of benzene rings is 2. The van der Waals surface area contributed by atoms with Crippen molar-refractivity contribution in [2.45, 2.75) is 36.8 Å². The second kappa shape index (κ2) is 7.11. The molecule has 5 rings (SSSR count). The van der Waals surface area contributed by atoms with Crippen LogP contribution in [0.2, 0.25) is 0 Å². The number of hydrogen-bond acceptors (Lipinski definition) is 7. The zero-order chi connectivity index (χ0) is 20.0. The molecule has 0 saturated heterocycles. The Labute approximate surface area is 172 Å². The van der Waals surface area contributed by atoms with Gasteiger partial charge in [0.05, 0.1) is 5.25 Å². The number of anilines is 1. The maximum Gasteiger partial charge on any atom is 0.277 e. The highest BCUT2D eigenvalue weighted by Gasteiger charge is 2.34. The van der Waals surface area contributed by atoms with E-state index in [1.807, 2.05) is 48.2 Å². The summed E-state index contributed by atoms with van der Waals surface area (Å²) in [5.74, 6) is 1.77. The van der Waals surface area contributed by atoms with Crippen LogP contribution in [0.15, 0.2) is 52.1 Å². The predicted molar refractivity (Wildman–Crippen MR) is 108 cm³/mol. The van der Waals surface area contributed by atoms with E-state index in [9.17, 15) is 4.79 Å². The Balaban J connectivity index is 1.32. The molecule has 2 aliphatic rings. The van der Waals surface area contributed by atoms with Gasteiger partial charge in [0, 0.05) is 17.3 Å². The van der Waals surface area contributed by atoms with Gasteiger partial charge < -0.3 is 18.8 Å². The summed E-state index contributed by atoms with van der Waals surface area (Å²) in [6.07, 6.45) is 0.869. The fourth-order valence-corrected chi connectivity index (χ4v) is 4.43. The summed E-state index contributed by atoms with van der Waals surface area (Å²) in [4.78, 5) is 15.0. The Morgan fingerprint density at radius 3 is 2.90 bits per heavy atom. The quantitative estimate of drug-likeness (QED) is 0.604. The second-order valence-electron chi connectivity index (χ2n) is 7.09. The van der Waals surface area contributed by atoms with Crippen LogP contribution in [-0.2, 0) is 11.2 Å². The first-order valence-electron chi connectivity index (χ1n) is 9.41. The van der Waals surface area contributed by atoms with Gasteiger partial charge in [-0.3, -0.25) is 4.79 Å². The van der Waals surface area contributed by atoms with Gasteiger partial charge in [-0.25, -0.2) is 0 Å². The number of carbonyl (C=O) groups excluding carboxylic acids is 1. The van der Waals surface area contributed by atoms with Crippen LogP contribution in [0.3, 0.4) is 0 Å².